The second-order valence-electron chi connectivity index (χ2n) is 6.11. The van der Waals surface area contributed by atoms with Crippen LogP contribution in [0, 0.1) is 10.8 Å². The summed E-state index contributed by atoms with van der Waals surface area (Å²) in [7, 11) is 4.77. The molecule has 0 spiro atoms. The SMILES string of the molecule is BC(B)(C(C)(C)C)C(C)(C)CC. The van der Waals surface area contributed by atoms with Gasteiger partial charge in [-0.1, -0.05) is 53.2 Å². The summed E-state index contributed by atoms with van der Waals surface area (Å²) in [5.41, 5.74) is 0.803. The van der Waals surface area contributed by atoms with E-state index in [1.165, 1.54) is 6.42 Å². The van der Waals surface area contributed by atoms with E-state index in [2.05, 4.69) is 57.2 Å². The average molecular weight is 166 g/mol. The minimum Gasteiger partial charge on any atom is -0.0750 e. The van der Waals surface area contributed by atoms with E-state index in [-0.39, 0.29) is 0 Å². The first-order valence-corrected chi connectivity index (χ1v) is 5.06. The van der Waals surface area contributed by atoms with Gasteiger partial charge in [-0.05, 0) is 10.8 Å². The molecule has 0 rings (SSSR count). The predicted octanol–water partition coefficient (Wildman–Crippen LogP) is 1.85. The first-order chi connectivity index (χ1) is 5.06. The molecule has 0 nitrogen and oxygen atoms in total. The molecule has 0 aromatic heterocycles. The predicted molar refractivity (Wildman–Crippen MR) is 63.3 cm³/mol. The molecule has 0 bridgehead atoms. The van der Waals surface area contributed by atoms with Gasteiger partial charge in [0.1, 0.15) is 15.7 Å². The van der Waals surface area contributed by atoms with Crippen LogP contribution in [-0.4, -0.2) is 15.7 Å². The molecule has 0 unspecified atom stereocenters. The summed E-state index contributed by atoms with van der Waals surface area (Å²) < 4.78 is 0. The Kier molecular flexibility index (Phi) is 3.15. The lowest BCUT2D eigenvalue weighted by atomic mass is 9.34. The van der Waals surface area contributed by atoms with Gasteiger partial charge in [-0.15, -0.1) is 0 Å². The fourth-order valence-corrected chi connectivity index (χ4v) is 1.46. The van der Waals surface area contributed by atoms with Crippen molar-refractivity contribution in [1.29, 1.82) is 0 Å². The topological polar surface area (TPSA) is 0 Å². The van der Waals surface area contributed by atoms with Crippen molar-refractivity contribution in [2.75, 3.05) is 0 Å². The van der Waals surface area contributed by atoms with Gasteiger partial charge in [0, 0.05) is 0 Å². The first kappa shape index (κ1) is 12.1. The van der Waals surface area contributed by atoms with Crippen molar-refractivity contribution >= 4 is 15.7 Å². The van der Waals surface area contributed by atoms with Crippen molar-refractivity contribution in [2.45, 2.75) is 53.2 Å². The molecule has 0 aliphatic carbocycles. The van der Waals surface area contributed by atoms with Crippen LogP contribution in [0.1, 0.15) is 48.0 Å². The maximum Gasteiger partial charge on any atom is 0.101 e. The van der Waals surface area contributed by atoms with Crippen LogP contribution in [0.5, 0.6) is 0 Å². The number of hydrogen-bond donors (Lipinski definition) is 0. The summed E-state index contributed by atoms with van der Waals surface area (Å²) in [5, 5.41) is 0.384. The van der Waals surface area contributed by atoms with Crippen LogP contribution in [0.25, 0.3) is 0 Å². The van der Waals surface area contributed by atoms with E-state index in [4.69, 9.17) is 0 Å². The third kappa shape index (κ3) is 1.89. The molecule has 0 aromatic rings. The van der Waals surface area contributed by atoms with Crippen LogP contribution in [-0.2, 0) is 0 Å². The lowest BCUT2D eigenvalue weighted by Crippen LogP contribution is -2.42. The van der Waals surface area contributed by atoms with Crippen molar-refractivity contribution < 1.29 is 0 Å². The molecule has 12 heavy (non-hydrogen) atoms. The van der Waals surface area contributed by atoms with E-state index in [9.17, 15) is 0 Å². The monoisotopic (exact) mass is 166 g/mol. The van der Waals surface area contributed by atoms with Gasteiger partial charge in [0.2, 0.25) is 0 Å². The zero-order chi connectivity index (χ0) is 10.2. The van der Waals surface area contributed by atoms with Gasteiger partial charge in [0.15, 0.2) is 0 Å². The summed E-state index contributed by atoms with van der Waals surface area (Å²) in [4.78, 5) is 0. The van der Waals surface area contributed by atoms with Crippen molar-refractivity contribution in [3.8, 4) is 0 Å². The highest BCUT2D eigenvalue weighted by atomic mass is 14.4. The van der Waals surface area contributed by atoms with E-state index < -0.39 is 0 Å². The highest BCUT2D eigenvalue weighted by Gasteiger charge is 2.43. The number of hydrogen-bond acceptors (Lipinski definition) is 0. The molecule has 0 saturated heterocycles. The second kappa shape index (κ2) is 3.12. The molecule has 0 fully saturated rings. The average Bonchev–Trinajstić information content (AvgIpc) is 1.85. The van der Waals surface area contributed by atoms with E-state index in [1.807, 2.05) is 0 Å². The molecular formula is C10H24B2. The summed E-state index contributed by atoms with van der Waals surface area (Å²) in [6, 6.07) is 0. The minimum absolute atomic E-state index is 0.381. The van der Waals surface area contributed by atoms with Crippen LogP contribution in [0.3, 0.4) is 0 Å². The van der Waals surface area contributed by atoms with Crippen LogP contribution in [0.2, 0.25) is 5.21 Å². The molecule has 0 amide bonds. The Balaban J connectivity index is 4.85. The van der Waals surface area contributed by atoms with Gasteiger partial charge in [0.25, 0.3) is 0 Å². The Labute approximate surface area is 80.3 Å². The van der Waals surface area contributed by atoms with Crippen molar-refractivity contribution in [3.63, 3.8) is 0 Å². The van der Waals surface area contributed by atoms with Crippen molar-refractivity contribution in [3.05, 3.63) is 0 Å². The van der Waals surface area contributed by atoms with Crippen LogP contribution < -0.4 is 0 Å². The molecule has 0 aliphatic rings. The van der Waals surface area contributed by atoms with Gasteiger partial charge in [0.05, 0.1) is 0 Å². The summed E-state index contributed by atoms with van der Waals surface area (Å²) in [6.45, 7) is 14.0. The van der Waals surface area contributed by atoms with Crippen LogP contribution in [0.4, 0.5) is 0 Å². The fourth-order valence-electron chi connectivity index (χ4n) is 1.46. The third-order valence-electron chi connectivity index (χ3n) is 4.45. The summed E-state index contributed by atoms with van der Waals surface area (Å²) in [6.07, 6.45) is 1.25. The van der Waals surface area contributed by atoms with Crippen LogP contribution in [0.15, 0.2) is 0 Å². The zero-order valence-electron chi connectivity index (χ0n) is 10.2. The van der Waals surface area contributed by atoms with E-state index >= 15 is 0 Å². The molecule has 0 aromatic carbocycles. The lowest BCUT2D eigenvalue weighted by Gasteiger charge is -2.51. The van der Waals surface area contributed by atoms with Gasteiger partial charge in [-0.2, -0.15) is 0 Å². The molecule has 0 saturated carbocycles. The second-order valence-corrected chi connectivity index (χ2v) is 6.11. The van der Waals surface area contributed by atoms with E-state index in [0.717, 1.165) is 0 Å². The Bertz CT molecular complexity index is 152. The van der Waals surface area contributed by atoms with E-state index in [0.29, 0.717) is 16.0 Å². The summed E-state index contributed by atoms with van der Waals surface area (Å²) in [5.74, 6) is 0. The smallest absolute Gasteiger partial charge is 0.0750 e. The Morgan fingerprint density at radius 2 is 1.25 bits per heavy atom. The maximum absolute atomic E-state index is 2.39. The Hall–Kier alpha value is 0.130. The quantitative estimate of drug-likeness (QED) is 0.549. The van der Waals surface area contributed by atoms with Crippen LogP contribution >= 0.6 is 0 Å². The van der Waals surface area contributed by atoms with E-state index in [1.54, 1.807) is 0 Å². The molecule has 0 heterocycles. The highest BCUT2D eigenvalue weighted by Crippen LogP contribution is 2.54. The standard InChI is InChI=1S/C10H24B2/c1-7-9(5,6)10(11,12)8(2,3)4/h7,11-12H2,1-6H3. The van der Waals surface area contributed by atoms with Crippen molar-refractivity contribution in [1.82, 2.24) is 0 Å². The van der Waals surface area contributed by atoms with Crippen molar-refractivity contribution in [2.24, 2.45) is 10.8 Å². The molecular weight excluding hydrogens is 142 g/mol. The van der Waals surface area contributed by atoms with Gasteiger partial charge < -0.3 is 0 Å². The Morgan fingerprint density at radius 1 is 0.917 bits per heavy atom. The lowest BCUT2D eigenvalue weighted by molar-refractivity contribution is 0.173. The molecule has 70 valence electrons. The Morgan fingerprint density at radius 3 is 1.33 bits per heavy atom. The highest BCUT2D eigenvalue weighted by molar-refractivity contribution is 6.40. The van der Waals surface area contributed by atoms with Gasteiger partial charge in [-0.25, -0.2) is 0 Å². The van der Waals surface area contributed by atoms with Gasteiger partial charge >= 0.3 is 0 Å². The maximum atomic E-state index is 2.39. The minimum atomic E-state index is 0.381. The fraction of sp³-hybridized carbons (Fsp3) is 1.00. The molecule has 0 aliphatic heterocycles. The van der Waals surface area contributed by atoms with Gasteiger partial charge in [-0.3, -0.25) is 0 Å². The zero-order valence-corrected chi connectivity index (χ0v) is 10.2. The number of rotatable bonds is 2. The first-order valence-electron chi connectivity index (χ1n) is 5.06. The third-order valence-corrected chi connectivity index (χ3v) is 4.45. The molecule has 2 heteroatoms. The largest absolute Gasteiger partial charge is 0.101 e. The molecule has 0 radical (unpaired) electrons. The summed E-state index contributed by atoms with van der Waals surface area (Å²) >= 11 is 0. The normalized spacial score (nSPS) is 14.8. The molecule has 0 N–H and O–H groups in total. The molecule has 0 atom stereocenters.